The van der Waals surface area contributed by atoms with Gasteiger partial charge in [0, 0.05) is 34.6 Å². The number of fused-ring (bicyclic) bond motifs is 2. The summed E-state index contributed by atoms with van der Waals surface area (Å²) in [4.78, 5) is 27.8. The number of carbonyl (C=O) groups is 2. The van der Waals surface area contributed by atoms with Crippen molar-refractivity contribution >= 4 is 29.1 Å². The van der Waals surface area contributed by atoms with E-state index in [1.807, 2.05) is 20.8 Å². The minimum atomic E-state index is -1.99. The van der Waals surface area contributed by atoms with Crippen LogP contribution in [-0.2, 0) is 15.0 Å². The van der Waals surface area contributed by atoms with Crippen LogP contribution >= 0.6 is 11.6 Å². The number of hydrogen-bond acceptors (Lipinski definition) is 4. The monoisotopic (exact) mass is 533 g/mol. The van der Waals surface area contributed by atoms with Crippen LogP contribution in [0.1, 0.15) is 52.5 Å². The van der Waals surface area contributed by atoms with E-state index in [-0.39, 0.29) is 23.3 Å². The maximum Gasteiger partial charge on any atom is 0.237 e. The van der Waals surface area contributed by atoms with Crippen LogP contribution in [0.4, 0.5) is 14.5 Å². The van der Waals surface area contributed by atoms with Gasteiger partial charge in [0.1, 0.15) is 5.83 Å². The molecule has 4 N–H and O–H groups in total. The minimum Gasteiger partial charge on any atom is -0.390 e. The van der Waals surface area contributed by atoms with Crippen molar-refractivity contribution in [3.8, 4) is 0 Å². The SMILES string of the molecule is CC(C)(C)C[C@H]1N[C@@H](C(=O)N[C@H]2C[C@@](C)(O)C2)[C@H](C2C=CC=C(F)C2F)[C@@]12C(=O)Nc1cc(Cl)ccc12. The first kappa shape index (κ1) is 26.3. The predicted octanol–water partition coefficient (Wildman–Crippen LogP) is 4.33. The van der Waals surface area contributed by atoms with Crippen molar-refractivity contribution < 1.29 is 23.5 Å². The number of anilines is 1. The molecule has 1 saturated heterocycles. The summed E-state index contributed by atoms with van der Waals surface area (Å²) >= 11 is 6.24. The van der Waals surface area contributed by atoms with Crippen LogP contribution in [0.25, 0.3) is 0 Å². The maximum atomic E-state index is 15.6. The van der Waals surface area contributed by atoms with Gasteiger partial charge in [-0.15, -0.1) is 0 Å². The van der Waals surface area contributed by atoms with Crippen molar-refractivity contribution in [3.63, 3.8) is 0 Å². The van der Waals surface area contributed by atoms with Gasteiger partial charge in [-0.25, -0.2) is 8.78 Å². The van der Waals surface area contributed by atoms with Crippen LogP contribution in [-0.4, -0.2) is 46.8 Å². The molecule has 4 aliphatic rings. The second-order valence-electron chi connectivity index (χ2n) is 12.5. The van der Waals surface area contributed by atoms with Crippen molar-refractivity contribution in [2.45, 2.75) is 82.3 Å². The molecule has 1 saturated carbocycles. The number of nitrogens with one attached hydrogen (secondary N) is 3. The smallest absolute Gasteiger partial charge is 0.237 e. The van der Waals surface area contributed by atoms with Gasteiger partial charge in [0.25, 0.3) is 0 Å². The van der Waals surface area contributed by atoms with Crippen molar-refractivity contribution in [3.05, 3.63) is 52.8 Å². The Morgan fingerprint density at radius 1 is 1.30 bits per heavy atom. The molecule has 2 aliphatic carbocycles. The number of aliphatic hydroxyl groups is 1. The Morgan fingerprint density at radius 3 is 2.65 bits per heavy atom. The molecule has 6 atom stereocenters. The summed E-state index contributed by atoms with van der Waals surface area (Å²) in [6.07, 6.45) is 3.42. The van der Waals surface area contributed by atoms with Gasteiger partial charge in [-0.1, -0.05) is 50.6 Å². The fourth-order valence-corrected chi connectivity index (χ4v) is 7.07. The van der Waals surface area contributed by atoms with Crippen molar-refractivity contribution in [2.75, 3.05) is 5.32 Å². The molecule has 1 aromatic rings. The highest BCUT2D eigenvalue weighted by atomic mass is 35.5. The molecule has 0 radical (unpaired) electrons. The fourth-order valence-electron chi connectivity index (χ4n) is 6.90. The van der Waals surface area contributed by atoms with E-state index >= 15 is 4.39 Å². The Balaban J connectivity index is 1.64. The second kappa shape index (κ2) is 8.89. The molecule has 2 heterocycles. The number of amides is 2. The van der Waals surface area contributed by atoms with E-state index < -0.39 is 46.9 Å². The van der Waals surface area contributed by atoms with Crippen molar-refractivity contribution in [1.29, 1.82) is 0 Å². The van der Waals surface area contributed by atoms with Gasteiger partial charge >= 0.3 is 0 Å². The summed E-state index contributed by atoms with van der Waals surface area (Å²) in [6.45, 7) is 7.83. The molecular weight excluding hydrogens is 500 g/mol. The number of carbonyl (C=O) groups excluding carboxylic acids is 2. The van der Waals surface area contributed by atoms with Crippen molar-refractivity contribution in [1.82, 2.24) is 10.6 Å². The summed E-state index contributed by atoms with van der Waals surface area (Å²) < 4.78 is 30.2. The average Bonchev–Trinajstić information content (AvgIpc) is 3.23. The average molecular weight is 534 g/mol. The zero-order chi connectivity index (χ0) is 26.9. The molecular formula is C28H34ClF2N3O3. The van der Waals surface area contributed by atoms with Crippen LogP contribution in [0.15, 0.2) is 42.3 Å². The van der Waals surface area contributed by atoms with E-state index in [0.29, 0.717) is 35.5 Å². The quantitative estimate of drug-likeness (QED) is 0.464. The van der Waals surface area contributed by atoms with Crippen LogP contribution in [0.3, 0.4) is 0 Å². The summed E-state index contributed by atoms with van der Waals surface area (Å²) in [7, 11) is 0. The molecule has 1 spiro atoms. The van der Waals surface area contributed by atoms with E-state index in [4.69, 9.17) is 11.6 Å². The lowest BCUT2D eigenvalue weighted by atomic mass is 9.59. The van der Waals surface area contributed by atoms with E-state index in [2.05, 4.69) is 16.0 Å². The standard InChI is InChI=1S/C28H34ClF2N3O3/c1-26(2,3)13-20-28(17-9-8-14(29)10-19(17)33-25(28)36)21(16-6-5-7-18(30)22(16)31)23(34-20)24(35)32-15-11-27(4,37)12-15/h5-10,15-16,20-23,34,37H,11-13H2,1-4H3,(H,32,35)(H,33,36)/t15-,16?,20-,21+,22?,23-,27+,28+/m1/s1. The lowest BCUT2D eigenvalue weighted by Crippen LogP contribution is -2.58. The number of benzene rings is 1. The van der Waals surface area contributed by atoms with Crippen LogP contribution in [0.5, 0.6) is 0 Å². The summed E-state index contributed by atoms with van der Waals surface area (Å²) in [5, 5.41) is 19.9. The van der Waals surface area contributed by atoms with Crippen LogP contribution < -0.4 is 16.0 Å². The Morgan fingerprint density at radius 2 is 2.00 bits per heavy atom. The van der Waals surface area contributed by atoms with E-state index in [1.165, 1.54) is 6.08 Å². The number of rotatable bonds is 4. The Hall–Kier alpha value is -2.29. The summed E-state index contributed by atoms with van der Waals surface area (Å²) in [5.41, 5.74) is -1.27. The number of hydrogen-bond donors (Lipinski definition) is 4. The molecule has 0 bridgehead atoms. The molecule has 2 unspecified atom stereocenters. The second-order valence-corrected chi connectivity index (χ2v) is 13.0. The molecule has 2 aliphatic heterocycles. The molecule has 2 fully saturated rings. The molecule has 5 rings (SSSR count). The van der Waals surface area contributed by atoms with Gasteiger partial charge in [-0.3, -0.25) is 9.59 Å². The molecule has 6 nitrogen and oxygen atoms in total. The van der Waals surface area contributed by atoms with Crippen LogP contribution in [0, 0.1) is 17.3 Å². The van der Waals surface area contributed by atoms with E-state index in [9.17, 15) is 19.1 Å². The first-order chi connectivity index (χ1) is 17.2. The van der Waals surface area contributed by atoms with Crippen LogP contribution in [0.2, 0.25) is 5.02 Å². The third kappa shape index (κ3) is 4.41. The zero-order valence-electron chi connectivity index (χ0n) is 21.4. The molecule has 1 aromatic carbocycles. The Kier molecular flexibility index (Phi) is 6.32. The third-order valence-corrected chi connectivity index (χ3v) is 8.52. The molecule has 0 aromatic heterocycles. The largest absolute Gasteiger partial charge is 0.390 e. The first-order valence-corrected chi connectivity index (χ1v) is 13.2. The van der Waals surface area contributed by atoms with Gasteiger partial charge in [0.05, 0.1) is 17.1 Å². The summed E-state index contributed by atoms with van der Waals surface area (Å²) in [5.74, 6) is -3.64. The third-order valence-electron chi connectivity index (χ3n) is 8.29. The Labute approximate surface area is 220 Å². The van der Waals surface area contributed by atoms with Crippen molar-refractivity contribution in [2.24, 2.45) is 17.3 Å². The first-order valence-electron chi connectivity index (χ1n) is 12.8. The molecule has 2 amide bonds. The lowest BCUT2D eigenvalue weighted by molar-refractivity contribution is -0.129. The highest BCUT2D eigenvalue weighted by Crippen LogP contribution is 2.56. The predicted molar refractivity (Wildman–Crippen MR) is 139 cm³/mol. The van der Waals surface area contributed by atoms with Gasteiger partial charge < -0.3 is 21.1 Å². The maximum absolute atomic E-state index is 15.6. The number of allylic oxidation sites excluding steroid dienone is 4. The van der Waals surface area contributed by atoms with Gasteiger partial charge in [-0.05, 0) is 55.4 Å². The fraction of sp³-hybridized carbons (Fsp3) is 0.571. The molecule has 37 heavy (non-hydrogen) atoms. The van der Waals surface area contributed by atoms with E-state index in [1.54, 1.807) is 31.2 Å². The number of alkyl halides is 1. The zero-order valence-corrected chi connectivity index (χ0v) is 22.2. The minimum absolute atomic E-state index is 0.231. The van der Waals surface area contributed by atoms with Gasteiger partial charge in [-0.2, -0.15) is 0 Å². The highest BCUT2D eigenvalue weighted by molar-refractivity contribution is 6.31. The topological polar surface area (TPSA) is 90.5 Å². The molecule has 200 valence electrons. The normalized spacial score (nSPS) is 38.7. The lowest BCUT2D eigenvalue weighted by Gasteiger charge is -2.43. The van der Waals surface area contributed by atoms with Gasteiger partial charge in [0.15, 0.2) is 6.17 Å². The van der Waals surface area contributed by atoms with Gasteiger partial charge in [0.2, 0.25) is 11.8 Å². The summed E-state index contributed by atoms with van der Waals surface area (Å²) in [6, 6.07) is 3.36. The molecule has 9 heteroatoms. The number of halogens is 3. The van der Waals surface area contributed by atoms with E-state index in [0.717, 1.165) is 6.08 Å². The Bertz CT molecular complexity index is 1190. The highest BCUT2D eigenvalue weighted by Gasteiger charge is 2.68.